The van der Waals surface area contributed by atoms with Crippen molar-refractivity contribution < 1.29 is 13.2 Å². The van der Waals surface area contributed by atoms with Gasteiger partial charge in [-0.1, -0.05) is 31.2 Å². The normalized spacial score (nSPS) is 15.2. The van der Waals surface area contributed by atoms with Crippen molar-refractivity contribution in [3.63, 3.8) is 0 Å². The van der Waals surface area contributed by atoms with Gasteiger partial charge in [-0.3, -0.25) is 9.59 Å². The highest BCUT2D eigenvalue weighted by Gasteiger charge is 2.29. The van der Waals surface area contributed by atoms with Crippen LogP contribution in [0.5, 0.6) is 0 Å². The second-order valence-electron chi connectivity index (χ2n) is 8.88. The van der Waals surface area contributed by atoms with Crippen LogP contribution in [0.3, 0.4) is 0 Å². The molecule has 9 heteroatoms. The molecule has 0 aliphatic carbocycles. The SMILES string of the molecule is CC[C@@H](C(=O)Nc1cccc(C)c1)n1nc(-c2ccc(C)c(S(=O)(=O)N3CCCC3)c2)ccc1=O. The Balaban J connectivity index is 1.68. The van der Waals surface area contributed by atoms with E-state index in [4.69, 9.17) is 0 Å². The molecule has 1 fully saturated rings. The van der Waals surface area contributed by atoms with E-state index in [1.54, 1.807) is 37.3 Å². The molecule has 0 saturated carbocycles. The zero-order valence-corrected chi connectivity index (χ0v) is 21.0. The van der Waals surface area contributed by atoms with Crippen LogP contribution in [-0.2, 0) is 14.8 Å². The molecule has 2 aromatic carbocycles. The van der Waals surface area contributed by atoms with Gasteiger partial charge in [0, 0.05) is 30.4 Å². The van der Waals surface area contributed by atoms with Crippen molar-refractivity contribution in [1.29, 1.82) is 0 Å². The Morgan fingerprint density at radius 3 is 2.49 bits per heavy atom. The number of hydrogen-bond donors (Lipinski definition) is 1. The quantitative estimate of drug-likeness (QED) is 0.537. The number of anilines is 1. The summed E-state index contributed by atoms with van der Waals surface area (Å²) in [5.41, 5.74) is 2.88. The van der Waals surface area contributed by atoms with Gasteiger partial charge in [0.25, 0.3) is 5.56 Å². The van der Waals surface area contributed by atoms with Crippen molar-refractivity contribution in [2.75, 3.05) is 18.4 Å². The summed E-state index contributed by atoms with van der Waals surface area (Å²) in [6.07, 6.45) is 2.07. The lowest BCUT2D eigenvalue weighted by Crippen LogP contribution is -2.34. The maximum atomic E-state index is 13.2. The fraction of sp³-hybridized carbons (Fsp3) is 0.346. The number of carbonyl (C=O) groups excluding carboxylic acids is 1. The summed E-state index contributed by atoms with van der Waals surface area (Å²) in [5, 5.41) is 7.34. The average Bonchev–Trinajstić information content (AvgIpc) is 3.37. The fourth-order valence-corrected chi connectivity index (χ4v) is 6.09. The van der Waals surface area contributed by atoms with Crippen LogP contribution < -0.4 is 10.9 Å². The molecule has 0 unspecified atom stereocenters. The van der Waals surface area contributed by atoms with Gasteiger partial charge in [0.05, 0.1) is 10.6 Å². The van der Waals surface area contributed by atoms with Crippen LogP contribution in [0, 0.1) is 13.8 Å². The molecule has 0 bridgehead atoms. The van der Waals surface area contributed by atoms with Gasteiger partial charge in [-0.2, -0.15) is 9.40 Å². The minimum Gasteiger partial charge on any atom is -0.324 e. The number of sulfonamides is 1. The molecule has 0 spiro atoms. The molecular formula is C26H30N4O4S. The van der Waals surface area contributed by atoms with Gasteiger partial charge in [-0.05, 0) is 68.5 Å². The van der Waals surface area contributed by atoms with E-state index in [1.165, 1.54) is 15.1 Å². The molecular weight excluding hydrogens is 464 g/mol. The van der Waals surface area contributed by atoms with Crippen LogP contribution in [0.15, 0.2) is 64.3 Å². The first-order valence-corrected chi connectivity index (χ1v) is 13.2. The smallest absolute Gasteiger partial charge is 0.267 e. The molecule has 2 heterocycles. The van der Waals surface area contributed by atoms with Crippen LogP contribution >= 0.6 is 0 Å². The Morgan fingerprint density at radius 2 is 1.80 bits per heavy atom. The molecule has 1 aliphatic heterocycles. The third-order valence-corrected chi connectivity index (χ3v) is 8.30. The van der Waals surface area contributed by atoms with Crippen LogP contribution in [0.2, 0.25) is 0 Å². The zero-order chi connectivity index (χ0) is 25.2. The summed E-state index contributed by atoms with van der Waals surface area (Å²) in [7, 11) is -3.62. The molecule has 1 aromatic heterocycles. The number of rotatable bonds is 7. The van der Waals surface area contributed by atoms with Gasteiger partial charge in [0.1, 0.15) is 6.04 Å². The molecule has 1 saturated heterocycles. The number of carbonyl (C=O) groups is 1. The van der Waals surface area contributed by atoms with E-state index in [0.29, 0.717) is 42.0 Å². The number of amides is 1. The lowest BCUT2D eigenvalue weighted by atomic mass is 10.1. The van der Waals surface area contributed by atoms with Crippen LogP contribution in [0.25, 0.3) is 11.3 Å². The lowest BCUT2D eigenvalue weighted by molar-refractivity contribution is -0.119. The van der Waals surface area contributed by atoms with Crippen molar-refractivity contribution >= 4 is 21.6 Å². The van der Waals surface area contributed by atoms with Crippen LogP contribution in [0.1, 0.15) is 43.4 Å². The Hall–Kier alpha value is -3.30. The van der Waals surface area contributed by atoms with Crippen LogP contribution in [-0.4, -0.2) is 41.5 Å². The number of aryl methyl sites for hydroxylation is 2. The van der Waals surface area contributed by atoms with E-state index in [2.05, 4.69) is 10.4 Å². The maximum Gasteiger partial charge on any atom is 0.267 e. The highest BCUT2D eigenvalue weighted by atomic mass is 32.2. The molecule has 3 aromatic rings. The number of hydrogen-bond acceptors (Lipinski definition) is 5. The number of benzene rings is 2. The molecule has 1 amide bonds. The van der Waals surface area contributed by atoms with Crippen molar-refractivity contribution in [1.82, 2.24) is 14.1 Å². The Labute approximate surface area is 205 Å². The molecule has 1 aliphatic rings. The Bertz CT molecular complexity index is 1410. The van der Waals surface area contributed by atoms with Gasteiger partial charge >= 0.3 is 0 Å². The Kier molecular flexibility index (Phi) is 7.18. The minimum atomic E-state index is -3.62. The molecule has 1 atom stereocenters. The van der Waals surface area contributed by atoms with Crippen LogP contribution in [0.4, 0.5) is 5.69 Å². The Morgan fingerprint density at radius 1 is 1.06 bits per heavy atom. The van der Waals surface area contributed by atoms with E-state index in [0.717, 1.165) is 18.4 Å². The second kappa shape index (κ2) is 10.1. The lowest BCUT2D eigenvalue weighted by Gasteiger charge is -2.19. The minimum absolute atomic E-state index is 0.237. The largest absolute Gasteiger partial charge is 0.324 e. The van der Waals surface area contributed by atoms with E-state index in [9.17, 15) is 18.0 Å². The summed E-state index contributed by atoms with van der Waals surface area (Å²) < 4.78 is 29.1. The highest BCUT2D eigenvalue weighted by molar-refractivity contribution is 7.89. The molecule has 0 radical (unpaired) electrons. The predicted molar refractivity (Wildman–Crippen MR) is 136 cm³/mol. The molecule has 8 nitrogen and oxygen atoms in total. The third-order valence-electron chi connectivity index (χ3n) is 6.26. The van der Waals surface area contributed by atoms with Gasteiger partial charge in [-0.15, -0.1) is 0 Å². The third kappa shape index (κ3) is 5.21. The number of aromatic nitrogens is 2. The predicted octanol–water partition coefficient (Wildman–Crippen LogP) is 3.90. The highest BCUT2D eigenvalue weighted by Crippen LogP contribution is 2.28. The second-order valence-corrected chi connectivity index (χ2v) is 10.8. The van der Waals surface area contributed by atoms with Gasteiger partial charge in [0.15, 0.2) is 0 Å². The van der Waals surface area contributed by atoms with Crippen molar-refractivity contribution in [3.05, 3.63) is 76.1 Å². The fourth-order valence-electron chi connectivity index (χ4n) is 4.33. The average molecular weight is 495 g/mol. The van der Waals surface area contributed by atoms with Crippen molar-refractivity contribution in [3.8, 4) is 11.3 Å². The van der Waals surface area contributed by atoms with Gasteiger partial charge in [-0.25, -0.2) is 13.1 Å². The monoisotopic (exact) mass is 494 g/mol. The number of nitrogens with one attached hydrogen (secondary N) is 1. The first kappa shape index (κ1) is 24.8. The topological polar surface area (TPSA) is 101 Å². The van der Waals surface area contributed by atoms with Gasteiger partial charge in [0.2, 0.25) is 15.9 Å². The first-order valence-electron chi connectivity index (χ1n) is 11.8. The van der Waals surface area contributed by atoms with E-state index < -0.39 is 21.6 Å². The number of nitrogens with zero attached hydrogens (tertiary/aromatic N) is 3. The summed E-state index contributed by atoms with van der Waals surface area (Å²) in [6, 6.07) is 14.7. The molecule has 1 N–H and O–H groups in total. The van der Waals surface area contributed by atoms with Crippen molar-refractivity contribution in [2.24, 2.45) is 0 Å². The zero-order valence-electron chi connectivity index (χ0n) is 20.2. The van der Waals surface area contributed by atoms with E-state index >= 15 is 0 Å². The van der Waals surface area contributed by atoms with E-state index in [1.807, 2.05) is 32.0 Å². The summed E-state index contributed by atoms with van der Waals surface area (Å²) in [6.45, 7) is 6.55. The summed E-state index contributed by atoms with van der Waals surface area (Å²) in [5.74, 6) is -0.342. The standard InChI is InChI=1S/C26H30N4O4S/c1-4-23(26(32)27-21-9-7-8-18(2)16-21)30-25(31)13-12-22(28-30)20-11-10-19(3)24(17-20)35(33,34)29-14-5-6-15-29/h7-13,16-17,23H,4-6,14-15H2,1-3H3,(H,27,32)/t23-/m0/s1. The van der Waals surface area contributed by atoms with Gasteiger partial charge < -0.3 is 5.32 Å². The van der Waals surface area contributed by atoms with Crippen molar-refractivity contribution in [2.45, 2.75) is 51.0 Å². The molecule has 35 heavy (non-hydrogen) atoms. The summed E-state index contributed by atoms with van der Waals surface area (Å²) in [4.78, 5) is 26.0. The summed E-state index contributed by atoms with van der Waals surface area (Å²) >= 11 is 0. The molecule has 4 rings (SSSR count). The maximum absolute atomic E-state index is 13.2. The first-order chi connectivity index (χ1) is 16.7. The molecule has 184 valence electrons. The van der Waals surface area contributed by atoms with E-state index in [-0.39, 0.29) is 10.8 Å².